The molecule has 0 aromatic carbocycles. The number of nitrogens with zero attached hydrogens (tertiary/aromatic N) is 3. The van der Waals surface area contributed by atoms with E-state index in [1.807, 2.05) is 0 Å². The Morgan fingerprint density at radius 1 is 0.967 bits per heavy atom. The Balaban J connectivity index is 2.50. The summed E-state index contributed by atoms with van der Waals surface area (Å²) in [6, 6.07) is 0. The molecule has 13 heteroatoms. The summed E-state index contributed by atoms with van der Waals surface area (Å²) in [5.41, 5.74) is 0.558. The number of hydrogen-bond acceptors (Lipinski definition) is 11. The predicted octanol–water partition coefficient (Wildman–Crippen LogP) is 0.429. The standard InChI is InChI=1S/C17H22BrN3O9/c1-8(22)26-7-13-14(27-9(2)23)15(28-10(3)24)16(29-11(4)25)17(30-13)21-6-12(5-18)19-20-21/h6,13-17H,5,7H2,1-4H3/t13-,14-,15-,16-,17+/m0/s1. The third-order valence-corrected chi connectivity index (χ3v) is 4.50. The lowest BCUT2D eigenvalue weighted by Crippen LogP contribution is -2.60. The molecule has 12 nitrogen and oxygen atoms in total. The molecule has 1 aromatic heterocycles. The van der Waals surface area contributed by atoms with E-state index in [9.17, 15) is 19.2 Å². The number of halogens is 1. The van der Waals surface area contributed by atoms with Gasteiger partial charge in [0.1, 0.15) is 12.7 Å². The lowest BCUT2D eigenvalue weighted by atomic mass is 9.97. The minimum Gasteiger partial charge on any atom is -0.463 e. The molecule has 0 bridgehead atoms. The zero-order valence-corrected chi connectivity index (χ0v) is 18.4. The van der Waals surface area contributed by atoms with Gasteiger partial charge < -0.3 is 23.7 Å². The Labute approximate surface area is 180 Å². The highest BCUT2D eigenvalue weighted by Gasteiger charge is 2.53. The lowest BCUT2D eigenvalue weighted by Gasteiger charge is -2.44. The normalized spacial score (nSPS) is 25.8. The quantitative estimate of drug-likeness (QED) is 0.297. The molecule has 5 atom stereocenters. The van der Waals surface area contributed by atoms with Crippen LogP contribution >= 0.6 is 15.9 Å². The van der Waals surface area contributed by atoms with Crippen LogP contribution in [0.5, 0.6) is 0 Å². The second-order valence-corrected chi connectivity index (χ2v) is 6.97. The van der Waals surface area contributed by atoms with Gasteiger partial charge in [-0.3, -0.25) is 19.2 Å². The number of hydrogen-bond donors (Lipinski definition) is 0. The maximum atomic E-state index is 11.8. The van der Waals surface area contributed by atoms with E-state index in [2.05, 4.69) is 26.2 Å². The van der Waals surface area contributed by atoms with Crippen molar-refractivity contribution in [2.75, 3.05) is 6.61 Å². The first-order chi connectivity index (χ1) is 14.1. The number of carbonyl (C=O) groups is 4. The van der Waals surface area contributed by atoms with E-state index in [4.69, 9.17) is 23.7 Å². The number of alkyl halides is 1. The molecule has 0 aliphatic carbocycles. The molecule has 0 N–H and O–H groups in total. The van der Waals surface area contributed by atoms with Crippen LogP contribution in [0.3, 0.4) is 0 Å². The van der Waals surface area contributed by atoms with Gasteiger partial charge in [-0.2, -0.15) is 0 Å². The third kappa shape index (κ3) is 6.23. The average Bonchev–Trinajstić information content (AvgIpc) is 3.11. The molecule has 1 fully saturated rings. The predicted molar refractivity (Wildman–Crippen MR) is 99.9 cm³/mol. The number of carbonyl (C=O) groups excluding carboxylic acids is 4. The molecule has 0 radical (unpaired) electrons. The SMILES string of the molecule is CC(=O)OC[C@@H]1O[C@@H](n2cc(CBr)nn2)[C@@H](OC(C)=O)[C@@H](OC(C)=O)[C@H]1OC(C)=O. The summed E-state index contributed by atoms with van der Waals surface area (Å²) in [5, 5.41) is 8.31. The van der Waals surface area contributed by atoms with Gasteiger partial charge in [0.2, 0.25) is 0 Å². The van der Waals surface area contributed by atoms with Gasteiger partial charge in [-0.15, -0.1) is 5.10 Å². The second kappa shape index (κ2) is 10.5. The van der Waals surface area contributed by atoms with E-state index < -0.39 is 54.5 Å². The Kier molecular flexibility index (Phi) is 8.29. The summed E-state index contributed by atoms with van der Waals surface area (Å²) >= 11 is 3.26. The van der Waals surface area contributed by atoms with Crippen molar-refractivity contribution in [3.8, 4) is 0 Å². The Bertz CT molecular complexity index is 799. The summed E-state index contributed by atoms with van der Waals surface area (Å²) in [5.74, 6) is -2.69. The van der Waals surface area contributed by atoms with Gasteiger partial charge >= 0.3 is 23.9 Å². The van der Waals surface area contributed by atoms with Gasteiger partial charge in [-0.05, 0) is 0 Å². The summed E-state index contributed by atoms with van der Waals surface area (Å²) < 4.78 is 28.3. The molecule has 2 heterocycles. The molecule has 0 saturated carbocycles. The summed E-state index contributed by atoms with van der Waals surface area (Å²) in [6.45, 7) is 4.36. The maximum Gasteiger partial charge on any atom is 0.303 e. The fourth-order valence-corrected chi connectivity index (χ4v) is 3.17. The van der Waals surface area contributed by atoms with Crippen LogP contribution in [0.2, 0.25) is 0 Å². The summed E-state index contributed by atoms with van der Waals surface area (Å²) in [7, 11) is 0. The average molecular weight is 492 g/mol. The van der Waals surface area contributed by atoms with Crippen LogP contribution in [0.1, 0.15) is 39.6 Å². The van der Waals surface area contributed by atoms with Crippen molar-refractivity contribution in [1.29, 1.82) is 0 Å². The topological polar surface area (TPSA) is 145 Å². The minimum atomic E-state index is -1.26. The highest BCUT2D eigenvalue weighted by atomic mass is 79.9. The van der Waals surface area contributed by atoms with Crippen LogP contribution in [0, 0.1) is 0 Å². The number of ether oxygens (including phenoxy) is 5. The minimum absolute atomic E-state index is 0.311. The number of rotatable bonds is 7. The van der Waals surface area contributed by atoms with E-state index in [1.165, 1.54) is 24.7 Å². The van der Waals surface area contributed by atoms with Gasteiger partial charge in [0, 0.05) is 33.0 Å². The first kappa shape index (κ1) is 23.7. The van der Waals surface area contributed by atoms with Crippen molar-refractivity contribution in [3.05, 3.63) is 11.9 Å². The smallest absolute Gasteiger partial charge is 0.303 e. The van der Waals surface area contributed by atoms with E-state index in [1.54, 1.807) is 0 Å². The lowest BCUT2D eigenvalue weighted by molar-refractivity contribution is -0.270. The molecule has 2 rings (SSSR count). The van der Waals surface area contributed by atoms with Crippen LogP contribution < -0.4 is 0 Å². The van der Waals surface area contributed by atoms with E-state index in [0.717, 1.165) is 13.8 Å². The van der Waals surface area contributed by atoms with Crippen LogP contribution in [-0.4, -0.2) is 69.9 Å². The molecule has 0 unspecified atom stereocenters. The van der Waals surface area contributed by atoms with Crippen LogP contribution in [-0.2, 0) is 48.2 Å². The molecule has 1 saturated heterocycles. The third-order valence-electron chi connectivity index (χ3n) is 3.92. The second-order valence-electron chi connectivity index (χ2n) is 6.41. The van der Waals surface area contributed by atoms with Crippen LogP contribution in [0.4, 0.5) is 0 Å². The zero-order chi connectivity index (χ0) is 22.4. The van der Waals surface area contributed by atoms with Crippen molar-refractivity contribution in [3.63, 3.8) is 0 Å². The Hall–Kier alpha value is -2.54. The molecule has 0 spiro atoms. The molecule has 166 valence electrons. The Morgan fingerprint density at radius 2 is 1.53 bits per heavy atom. The largest absolute Gasteiger partial charge is 0.463 e. The first-order valence-corrected chi connectivity index (χ1v) is 10.0. The molecule has 30 heavy (non-hydrogen) atoms. The van der Waals surface area contributed by atoms with Crippen LogP contribution in [0.25, 0.3) is 0 Å². The van der Waals surface area contributed by atoms with Crippen molar-refractivity contribution < 1.29 is 42.9 Å². The van der Waals surface area contributed by atoms with Crippen molar-refractivity contribution >= 4 is 39.8 Å². The number of aromatic nitrogens is 3. The van der Waals surface area contributed by atoms with Crippen molar-refractivity contribution in [2.45, 2.75) is 63.7 Å². The zero-order valence-electron chi connectivity index (χ0n) is 16.8. The van der Waals surface area contributed by atoms with E-state index in [0.29, 0.717) is 11.0 Å². The Morgan fingerprint density at radius 3 is 2.03 bits per heavy atom. The van der Waals surface area contributed by atoms with Gasteiger partial charge in [0.15, 0.2) is 24.5 Å². The molecular weight excluding hydrogens is 470 g/mol. The van der Waals surface area contributed by atoms with Crippen molar-refractivity contribution in [1.82, 2.24) is 15.0 Å². The molecule has 1 aliphatic heterocycles. The van der Waals surface area contributed by atoms with Gasteiger partial charge in [-0.25, -0.2) is 4.68 Å². The molecule has 0 amide bonds. The highest BCUT2D eigenvalue weighted by Crippen LogP contribution is 2.34. The highest BCUT2D eigenvalue weighted by molar-refractivity contribution is 9.08. The van der Waals surface area contributed by atoms with Gasteiger partial charge in [0.25, 0.3) is 0 Å². The molecule has 1 aromatic rings. The van der Waals surface area contributed by atoms with E-state index in [-0.39, 0.29) is 6.61 Å². The first-order valence-electron chi connectivity index (χ1n) is 8.89. The fraction of sp³-hybridized carbons (Fsp3) is 0.647. The summed E-state index contributed by atoms with van der Waals surface area (Å²) in [4.78, 5) is 46.5. The van der Waals surface area contributed by atoms with E-state index >= 15 is 0 Å². The monoisotopic (exact) mass is 491 g/mol. The molecule has 1 aliphatic rings. The van der Waals surface area contributed by atoms with Crippen molar-refractivity contribution in [2.24, 2.45) is 0 Å². The van der Waals surface area contributed by atoms with Gasteiger partial charge in [0.05, 0.1) is 11.9 Å². The summed E-state index contributed by atoms with van der Waals surface area (Å²) in [6.07, 6.45) is -4.32. The van der Waals surface area contributed by atoms with Crippen LogP contribution in [0.15, 0.2) is 6.20 Å². The van der Waals surface area contributed by atoms with Gasteiger partial charge in [-0.1, -0.05) is 21.1 Å². The fourth-order valence-electron chi connectivity index (χ4n) is 2.92. The number of esters is 4. The molecular formula is C17H22BrN3O9. The maximum absolute atomic E-state index is 11.8.